The number of thiocarbonyl (C=S) groups is 1. The van der Waals surface area contributed by atoms with Gasteiger partial charge in [0.25, 0.3) is 0 Å². The lowest BCUT2D eigenvalue weighted by Gasteiger charge is -2.26. The van der Waals surface area contributed by atoms with Crippen LogP contribution in [0.15, 0.2) is 12.5 Å². The molecule has 0 saturated heterocycles. The highest BCUT2D eigenvalue weighted by molar-refractivity contribution is 7.80. The third-order valence-corrected chi connectivity index (χ3v) is 3.75. The van der Waals surface area contributed by atoms with Gasteiger partial charge in [-0.05, 0) is 12.8 Å². The molecule has 0 aliphatic heterocycles. The van der Waals surface area contributed by atoms with Gasteiger partial charge in [-0.2, -0.15) is 0 Å². The van der Waals surface area contributed by atoms with Gasteiger partial charge in [-0.1, -0.05) is 25.1 Å². The van der Waals surface area contributed by atoms with E-state index in [1.54, 1.807) is 12.5 Å². The van der Waals surface area contributed by atoms with Crippen molar-refractivity contribution in [3.05, 3.63) is 18.2 Å². The number of hydrogen-bond acceptors (Lipinski definition) is 3. The van der Waals surface area contributed by atoms with Gasteiger partial charge in [-0.25, -0.2) is 4.98 Å². The average molecular weight is 252 g/mol. The van der Waals surface area contributed by atoms with Gasteiger partial charge >= 0.3 is 0 Å². The number of rotatable bonds is 4. The van der Waals surface area contributed by atoms with Gasteiger partial charge in [-0.15, -0.1) is 0 Å². The van der Waals surface area contributed by atoms with Gasteiger partial charge in [0.05, 0.1) is 29.0 Å². The summed E-state index contributed by atoms with van der Waals surface area (Å²) in [6.45, 7) is 0.434. The Labute approximate surface area is 105 Å². The van der Waals surface area contributed by atoms with Crippen LogP contribution in [0.4, 0.5) is 0 Å². The summed E-state index contributed by atoms with van der Waals surface area (Å²) in [6.07, 6.45) is 6.81. The summed E-state index contributed by atoms with van der Waals surface area (Å²) in [5.74, 6) is -0.0582. The number of nitrogens with two attached hydrogens (primary N) is 1. The molecule has 1 fully saturated rings. The van der Waals surface area contributed by atoms with Crippen LogP contribution in [0.2, 0.25) is 0 Å². The standard InChI is InChI=1S/C11H16N4OS/c12-9(17)11(3-1-2-4-11)10(16)14-6-8-5-13-7-15-8/h5,7H,1-4,6H2,(H2,12,17)(H,13,15)(H,14,16). The summed E-state index contributed by atoms with van der Waals surface area (Å²) < 4.78 is 0. The van der Waals surface area contributed by atoms with Crippen molar-refractivity contribution in [1.29, 1.82) is 0 Å². The minimum Gasteiger partial charge on any atom is -0.392 e. The molecule has 0 atom stereocenters. The molecule has 0 unspecified atom stereocenters. The molecule has 1 heterocycles. The summed E-state index contributed by atoms with van der Waals surface area (Å²) in [4.78, 5) is 19.3. The number of imidazole rings is 1. The quantitative estimate of drug-likeness (QED) is 0.694. The predicted molar refractivity (Wildman–Crippen MR) is 68.1 cm³/mol. The lowest BCUT2D eigenvalue weighted by molar-refractivity contribution is -0.127. The van der Waals surface area contributed by atoms with Crippen molar-refractivity contribution in [2.75, 3.05) is 0 Å². The van der Waals surface area contributed by atoms with Crippen LogP contribution in [0.1, 0.15) is 31.4 Å². The molecule has 17 heavy (non-hydrogen) atoms. The minimum atomic E-state index is -0.630. The van der Waals surface area contributed by atoms with E-state index in [0.717, 1.165) is 31.4 Å². The molecule has 0 aromatic carbocycles. The number of nitrogens with one attached hydrogen (secondary N) is 2. The topological polar surface area (TPSA) is 83.8 Å². The molecule has 1 aromatic rings. The molecular formula is C11H16N4OS. The molecule has 92 valence electrons. The highest BCUT2D eigenvalue weighted by Crippen LogP contribution is 2.38. The number of carbonyl (C=O) groups excluding carboxylic acids is 1. The van der Waals surface area contributed by atoms with E-state index in [0.29, 0.717) is 11.5 Å². The van der Waals surface area contributed by atoms with Crippen LogP contribution in [0.5, 0.6) is 0 Å². The SMILES string of the molecule is NC(=S)C1(C(=O)NCc2cnc[nH]2)CCCC1. The van der Waals surface area contributed by atoms with E-state index in [-0.39, 0.29) is 5.91 Å². The lowest BCUT2D eigenvalue weighted by Crippen LogP contribution is -2.47. The molecule has 5 nitrogen and oxygen atoms in total. The molecule has 1 amide bonds. The molecule has 6 heteroatoms. The number of aromatic nitrogens is 2. The molecule has 1 aliphatic carbocycles. The van der Waals surface area contributed by atoms with Crippen LogP contribution < -0.4 is 11.1 Å². The van der Waals surface area contributed by atoms with Crippen LogP contribution in [-0.4, -0.2) is 20.9 Å². The van der Waals surface area contributed by atoms with Crippen molar-refractivity contribution in [3.8, 4) is 0 Å². The fraction of sp³-hybridized carbons (Fsp3) is 0.545. The Kier molecular flexibility index (Phi) is 3.42. The van der Waals surface area contributed by atoms with E-state index >= 15 is 0 Å². The fourth-order valence-corrected chi connectivity index (χ4v) is 2.59. The molecule has 1 aromatic heterocycles. The number of carbonyl (C=O) groups is 1. The second kappa shape index (κ2) is 4.83. The van der Waals surface area contributed by atoms with Crippen molar-refractivity contribution in [2.45, 2.75) is 32.2 Å². The van der Waals surface area contributed by atoms with Crippen LogP contribution in [0.25, 0.3) is 0 Å². The molecule has 0 radical (unpaired) electrons. The Morgan fingerprint density at radius 2 is 2.29 bits per heavy atom. The van der Waals surface area contributed by atoms with Crippen LogP contribution in [0.3, 0.4) is 0 Å². The summed E-state index contributed by atoms with van der Waals surface area (Å²) in [7, 11) is 0. The monoisotopic (exact) mass is 252 g/mol. The highest BCUT2D eigenvalue weighted by Gasteiger charge is 2.43. The van der Waals surface area contributed by atoms with E-state index in [2.05, 4.69) is 15.3 Å². The number of hydrogen-bond donors (Lipinski definition) is 3. The third kappa shape index (κ3) is 2.31. The summed E-state index contributed by atoms with van der Waals surface area (Å²) >= 11 is 5.05. The van der Waals surface area contributed by atoms with Gasteiger partial charge in [0.1, 0.15) is 0 Å². The zero-order valence-electron chi connectivity index (χ0n) is 9.53. The smallest absolute Gasteiger partial charge is 0.233 e. The Hall–Kier alpha value is -1.43. The van der Waals surface area contributed by atoms with Crippen LogP contribution >= 0.6 is 12.2 Å². The fourth-order valence-electron chi connectivity index (χ4n) is 2.29. The molecular weight excluding hydrogens is 236 g/mol. The summed E-state index contributed by atoms with van der Waals surface area (Å²) in [5, 5.41) is 2.87. The maximum Gasteiger partial charge on any atom is 0.233 e. The van der Waals surface area contributed by atoms with Gasteiger partial charge in [0, 0.05) is 6.20 Å². The first-order valence-electron chi connectivity index (χ1n) is 5.70. The molecule has 4 N–H and O–H groups in total. The van der Waals surface area contributed by atoms with Crippen molar-refractivity contribution in [1.82, 2.24) is 15.3 Å². The van der Waals surface area contributed by atoms with E-state index in [1.807, 2.05) is 0 Å². The van der Waals surface area contributed by atoms with Crippen LogP contribution in [-0.2, 0) is 11.3 Å². The third-order valence-electron chi connectivity index (χ3n) is 3.36. The number of aromatic amines is 1. The molecule has 0 bridgehead atoms. The summed E-state index contributed by atoms with van der Waals surface area (Å²) in [5.41, 5.74) is 5.97. The molecule has 1 saturated carbocycles. The Morgan fingerprint density at radius 1 is 1.59 bits per heavy atom. The first-order chi connectivity index (χ1) is 8.15. The van der Waals surface area contributed by atoms with Gasteiger partial charge in [0.15, 0.2) is 0 Å². The average Bonchev–Trinajstić information content (AvgIpc) is 2.97. The van der Waals surface area contributed by atoms with E-state index in [1.165, 1.54) is 0 Å². The normalized spacial score (nSPS) is 17.9. The first kappa shape index (κ1) is 12.0. The number of nitrogens with zero attached hydrogens (tertiary/aromatic N) is 1. The zero-order chi connectivity index (χ0) is 12.3. The maximum absolute atomic E-state index is 12.2. The predicted octanol–water partition coefficient (Wildman–Crippen LogP) is 0.872. The summed E-state index contributed by atoms with van der Waals surface area (Å²) in [6, 6.07) is 0. The van der Waals surface area contributed by atoms with E-state index in [9.17, 15) is 4.79 Å². The van der Waals surface area contributed by atoms with Crippen LogP contribution in [0, 0.1) is 5.41 Å². The van der Waals surface area contributed by atoms with E-state index in [4.69, 9.17) is 18.0 Å². The second-order valence-electron chi connectivity index (χ2n) is 4.41. The zero-order valence-corrected chi connectivity index (χ0v) is 10.3. The van der Waals surface area contributed by atoms with E-state index < -0.39 is 5.41 Å². The largest absolute Gasteiger partial charge is 0.392 e. The first-order valence-corrected chi connectivity index (χ1v) is 6.11. The molecule has 0 spiro atoms. The second-order valence-corrected chi connectivity index (χ2v) is 4.85. The number of H-pyrrole nitrogens is 1. The van der Waals surface area contributed by atoms with Crippen molar-refractivity contribution in [3.63, 3.8) is 0 Å². The molecule has 1 aliphatic rings. The Balaban J connectivity index is 2.00. The lowest BCUT2D eigenvalue weighted by atomic mass is 9.85. The van der Waals surface area contributed by atoms with Crippen molar-refractivity contribution >= 4 is 23.1 Å². The van der Waals surface area contributed by atoms with Gasteiger partial charge < -0.3 is 16.0 Å². The highest BCUT2D eigenvalue weighted by atomic mass is 32.1. The molecule has 2 rings (SSSR count). The van der Waals surface area contributed by atoms with Gasteiger partial charge in [-0.3, -0.25) is 4.79 Å². The minimum absolute atomic E-state index is 0.0582. The van der Waals surface area contributed by atoms with Crippen molar-refractivity contribution < 1.29 is 4.79 Å². The Morgan fingerprint density at radius 3 is 2.82 bits per heavy atom. The maximum atomic E-state index is 12.2. The number of amides is 1. The Bertz CT molecular complexity index is 409. The van der Waals surface area contributed by atoms with Gasteiger partial charge in [0.2, 0.25) is 5.91 Å². The van der Waals surface area contributed by atoms with Crippen molar-refractivity contribution in [2.24, 2.45) is 11.1 Å².